The van der Waals surface area contributed by atoms with Gasteiger partial charge < -0.3 is 20.1 Å². The number of benzene rings is 2. The van der Waals surface area contributed by atoms with Gasteiger partial charge >= 0.3 is 5.97 Å². The number of hydrogen-bond acceptors (Lipinski definition) is 6. The van der Waals surface area contributed by atoms with Crippen LogP contribution in [0.1, 0.15) is 23.7 Å². The van der Waals surface area contributed by atoms with Crippen molar-refractivity contribution < 1.29 is 23.9 Å². The summed E-state index contributed by atoms with van der Waals surface area (Å²) in [4.78, 5) is 36.0. The average Bonchev–Trinajstić information content (AvgIpc) is 2.68. The fourth-order valence-corrected chi connectivity index (χ4v) is 2.43. The summed E-state index contributed by atoms with van der Waals surface area (Å²) in [6, 6.07) is 12.3. The summed E-state index contributed by atoms with van der Waals surface area (Å²) in [6.45, 7) is 1.43. The van der Waals surface area contributed by atoms with Gasteiger partial charge in [-0.1, -0.05) is 11.6 Å². The van der Waals surface area contributed by atoms with Gasteiger partial charge in [-0.05, 0) is 49.4 Å². The van der Waals surface area contributed by atoms with Crippen molar-refractivity contribution >= 4 is 40.8 Å². The van der Waals surface area contributed by atoms with Crippen molar-refractivity contribution in [3.8, 4) is 11.8 Å². The Kier molecular flexibility index (Phi) is 7.57. The van der Waals surface area contributed by atoms with Crippen molar-refractivity contribution in [2.75, 3.05) is 17.7 Å². The molecule has 0 fully saturated rings. The highest BCUT2D eigenvalue weighted by Gasteiger charge is 2.20. The standard InChI is InChI=1S/C20H18ClN3O5/c1-12(19(26)24-16-11-14(21)5-8-17(16)28-2)29-20(27)13-3-6-15(7-4-13)23-18(25)9-10-22/h3-8,11-12H,9H2,1-2H3,(H,23,25)(H,24,26)/t12-/m0/s1. The van der Waals surface area contributed by atoms with Crippen LogP contribution in [-0.2, 0) is 14.3 Å². The molecule has 0 radical (unpaired) electrons. The Labute approximate surface area is 172 Å². The van der Waals surface area contributed by atoms with Gasteiger partial charge in [0, 0.05) is 10.7 Å². The fourth-order valence-electron chi connectivity index (χ4n) is 2.26. The van der Waals surface area contributed by atoms with Gasteiger partial charge in [0.2, 0.25) is 5.91 Å². The van der Waals surface area contributed by atoms with Crippen LogP contribution in [0.4, 0.5) is 11.4 Å². The van der Waals surface area contributed by atoms with Gasteiger partial charge in [0.25, 0.3) is 5.91 Å². The number of carbonyl (C=O) groups is 3. The molecule has 150 valence electrons. The van der Waals surface area contributed by atoms with E-state index < -0.39 is 23.9 Å². The van der Waals surface area contributed by atoms with Gasteiger partial charge in [0.15, 0.2) is 6.10 Å². The monoisotopic (exact) mass is 415 g/mol. The van der Waals surface area contributed by atoms with Crippen molar-refractivity contribution in [3.05, 3.63) is 53.1 Å². The molecule has 8 nitrogen and oxygen atoms in total. The van der Waals surface area contributed by atoms with Gasteiger partial charge in [-0.3, -0.25) is 9.59 Å². The summed E-state index contributed by atoms with van der Waals surface area (Å²) in [5.74, 6) is -1.31. The molecular formula is C20H18ClN3O5. The zero-order valence-corrected chi connectivity index (χ0v) is 16.4. The van der Waals surface area contributed by atoms with Crippen LogP contribution in [0.25, 0.3) is 0 Å². The predicted octanol–water partition coefficient (Wildman–Crippen LogP) is 3.38. The number of halogens is 1. The van der Waals surface area contributed by atoms with E-state index in [0.717, 1.165) is 0 Å². The van der Waals surface area contributed by atoms with Crippen molar-refractivity contribution in [3.63, 3.8) is 0 Å². The van der Waals surface area contributed by atoms with Crippen LogP contribution < -0.4 is 15.4 Å². The van der Waals surface area contributed by atoms with E-state index in [0.29, 0.717) is 22.1 Å². The summed E-state index contributed by atoms with van der Waals surface area (Å²) < 4.78 is 10.3. The van der Waals surface area contributed by atoms with E-state index in [2.05, 4.69) is 10.6 Å². The van der Waals surface area contributed by atoms with Gasteiger partial charge in [-0.2, -0.15) is 5.26 Å². The molecule has 0 saturated heterocycles. The number of carbonyl (C=O) groups excluding carboxylic acids is 3. The minimum absolute atomic E-state index is 0.197. The molecule has 2 N–H and O–H groups in total. The molecule has 0 aliphatic carbocycles. The molecule has 0 saturated carbocycles. The smallest absolute Gasteiger partial charge is 0.338 e. The van der Waals surface area contributed by atoms with Crippen LogP contribution in [0.2, 0.25) is 5.02 Å². The van der Waals surface area contributed by atoms with Crippen LogP contribution >= 0.6 is 11.6 Å². The fraction of sp³-hybridized carbons (Fsp3) is 0.200. The molecule has 2 amide bonds. The lowest BCUT2D eigenvalue weighted by Gasteiger charge is -2.15. The molecule has 9 heteroatoms. The maximum atomic E-state index is 12.3. The van der Waals surface area contributed by atoms with Gasteiger partial charge in [-0.15, -0.1) is 0 Å². The summed E-state index contributed by atoms with van der Waals surface area (Å²) in [5.41, 5.74) is 0.981. The molecular weight excluding hydrogens is 398 g/mol. The number of nitriles is 1. The SMILES string of the molecule is COc1ccc(Cl)cc1NC(=O)[C@H](C)OC(=O)c1ccc(NC(=O)CC#N)cc1. The first-order valence-corrected chi connectivity index (χ1v) is 8.84. The number of hydrogen-bond donors (Lipinski definition) is 2. The van der Waals surface area contributed by atoms with E-state index in [1.165, 1.54) is 44.4 Å². The maximum absolute atomic E-state index is 12.3. The molecule has 0 heterocycles. The number of nitrogens with one attached hydrogen (secondary N) is 2. The van der Waals surface area contributed by atoms with E-state index in [9.17, 15) is 14.4 Å². The first-order chi connectivity index (χ1) is 13.8. The Hall–Kier alpha value is -3.57. The molecule has 29 heavy (non-hydrogen) atoms. The summed E-state index contributed by atoms with van der Waals surface area (Å²) in [6.07, 6.45) is -1.35. The third kappa shape index (κ3) is 6.23. The lowest BCUT2D eigenvalue weighted by atomic mass is 10.2. The molecule has 2 rings (SSSR count). The number of anilines is 2. The van der Waals surface area contributed by atoms with Gasteiger partial charge in [0.1, 0.15) is 12.2 Å². The Morgan fingerprint density at radius 2 is 1.83 bits per heavy atom. The number of esters is 1. The lowest BCUT2D eigenvalue weighted by molar-refractivity contribution is -0.123. The van der Waals surface area contributed by atoms with Crippen LogP contribution in [0.15, 0.2) is 42.5 Å². The highest BCUT2D eigenvalue weighted by molar-refractivity contribution is 6.31. The first-order valence-electron chi connectivity index (χ1n) is 8.46. The second-order valence-electron chi connectivity index (χ2n) is 5.84. The van der Waals surface area contributed by atoms with Gasteiger partial charge in [0.05, 0.1) is 24.4 Å². The number of methoxy groups -OCH3 is 1. The quantitative estimate of drug-likeness (QED) is 0.669. The lowest BCUT2D eigenvalue weighted by Crippen LogP contribution is -2.30. The first kappa shape index (κ1) is 21.7. The zero-order chi connectivity index (χ0) is 21.4. The minimum atomic E-state index is -1.08. The normalized spacial score (nSPS) is 11.0. The Balaban J connectivity index is 1.98. The predicted molar refractivity (Wildman–Crippen MR) is 107 cm³/mol. The summed E-state index contributed by atoms with van der Waals surface area (Å²) in [7, 11) is 1.45. The maximum Gasteiger partial charge on any atom is 0.338 e. The van der Waals surface area contributed by atoms with Gasteiger partial charge in [-0.25, -0.2) is 4.79 Å². The van der Waals surface area contributed by atoms with Crippen LogP contribution in [-0.4, -0.2) is 31.0 Å². The molecule has 0 aromatic heterocycles. The van der Waals surface area contributed by atoms with E-state index in [1.807, 2.05) is 0 Å². The highest BCUT2D eigenvalue weighted by atomic mass is 35.5. The molecule has 2 aromatic carbocycles. The molecule has 0 aliphatic rings. The van der Waals surface area contributed by atoms with Crippen LogP contribution in [0.3, 0.4) is 0 Å². The molecule has 0 bridgehead atoms. The van der Waals surface area contributed by atoms with E-state index in [-0.39, 0.29) is 12.0 Å². The molecule has 1 atom stereocenters. The van der Waals surface area contributed by atoms with E-state index >= 15 is 0 Å². The zero-order valence-electron chi connectivity index (χ0n) is 15.7. The Morgan fingerprint density at radius 3 is 2.45 bits per heavy atom. The molecule has 0 aliphatic heterocycles. The second kappa shape index (κ2) is 10.1. The number of nitrogens with zero attached hydrogens (tertiary/aromatic N) is 1. The topological polar surface area (TPSA) is 118 Å². The van der Waals surface area contributed by atoms with Crippen LogP contribution in [0.5, 0.6) is 5.75 Å². The molecule has 0 unspecified atom stereocenters. The average molecular weight is 416 g/mol. The number of amides is 2. The second-order valence-corrected chi connectivity index (χ2v) is 6.28. The summed E-state index contributed by atoms with van der Waals surface area (Å²) >= 11 is 5.93. The minimum Gasteiger partial charge on any atom is -0.495 e. The molecule has 0 spiro atoms. The van der Waals surface area contributed by atoms with E-state index in [1.54, 1.807) is 18.2 Å². The summed E-state index contributed by atoms with van der Waals surface area (Å²) in [5, 5.41) is 14.0. The van der Waals surface area contributed by atoms with Crippen molar-refractivity contribution in [2.45, 2.75) is 19.4 Å². The highest BCUT2D eigenvalue weighted by Crippen LogP contribution is 2.27. The Morgan fingerprint density at radius 1 is 1.14 bits per heavy atom. The largest absolute Gasteiger partial charge is 0.495 e. The number of rotatable bonds is 7. The van der Waals surface area contributed by atoms with Crippen LogP contribution in [0, 0.1) is 11.3 Å². The van der Waals surface area contributed by atoms with Crippen molar-refractivity contribution in [1.82, 2.24) is 0 Å². The van der Waals surface area contributed by atoms with E-state index in [4.69, 9.17) is 26.3 Å². The molecule has 2 aromatic rings. The third-order valence-electron chi connectivity index (χ3n) is 3.72. The Bertz CT molecular complexity index is 954. The third-order valence-corrected chi connectivity index (χ3v) is 3.95. The number of ether oxygens (including phenoxy) is 2. The van der Waals surface area contributed by atoms with Crippen molar-refractivity contribution in [1.29, 1.82) is 5.26 Å². The van der Waals surface area contributed by atoms with Crippen molar-refractivity contribution in [2.24, 2.45) is 0 Å².